The molecule has 1 N–H and O–H groups in total. The Bertz CT molecular complexity index is 358. The zero-order chi connectivity index (χ0) is 13.6. The van der Waals surface area contributed by atoms with Crippen LogP contribution >= 0.6 is 0 Å². The van der Waals surface area contributed by atoms with E-state index in [1.165, 1.54) is 25.7 Å². The molecule has 0 radical (unpaired) electrons. The summed E-state index contributed by atoms with van der Waals surface area (Å²) in [7, 11) is 0. The van der Waals surface area contributed by atoms with E-state index in [4.69, 9.17) is 0 Å². The SMILES string of the molecule is CCC(C)C(C)N1C(=O)C2(CC2)NC1C1CCCC1. The van der Waals surface area contributed by atoms with Crippen LogP contribution in [0.15, 0.2) is 0 Å². The van der Waals surface area contributed by atoms with Crippen molar-refractivity contribution in [1.29, 1.82) is 0 Å². The second-order valence-electron chi connectivity index (χ2n) is 7.05. The van der Waals surface area contributed by atoms with Crippen LogP contribution in [0.1, 0.15) is 65.7 Å². The van der Waals surface area contributed by atoms with Crippen molar-refractivity contribution in [2.24, 2.45) is 11.8 Å². The second-order valence-corrected chi connectivity index (χ2v) is 7.05. The summed E-state index contributed by atoms with van der Waals surface area (Å²) in [6, 6.07) is 0.371. The smallest absolute Gasteiger partial charge is 0.244 e. The predicted octanol–water partition coefficient (Wildman–Crippen LogP) is 2.90. The minimum Gasteiger partial charge on any atom is -0.322 e. The van der Waals surface area contributed by atoms with E-state index in [2.05, 4.69) is 31.0 Å². The average Bonchev–Trinajstić information content (AvgIpc) is 2.88. The van der Waals surface area contributed by atoms with E-state index in [-0.39, 0.29) is 5.54 Å². The van der Waals surface area contributed by atoms with Gasteiger partial charge in [0.1, 0.15) is 0 Å². The molecule has 19 heavy (non-hydrogen) atoms. The number of hydrogen-bond donors (Lipinski definition) is 1. The molecular formula is C16H28N2O. The lowest BCUT2D eigenvalue weighted by Gasteiger charge is -2.36. The Hall–Kier alpha value is -0.570. The maximum Gasteiger partial charge on any atom is 0.244 e. The molecule has 1 aliphatic heterocycles. The molecule has 108 valence electrons. The Morgan fingerprint density at radius 2 is 1.95 bits per heavy atom. The van der Waals surface area contributed by atoms with E-state index in [9.17, 15) is 4.79 Å². The van der Waals surface area contributed by atoms with Crippen LogP contribution in [0, 0.1) is 11.8 Å². The Labute approximate surface area is 117 Å². The summed E-state index contributed by atoms with van der Waals surface area (Å²) in [5.74, 6) is 1.68. The van der Waals surface area contributed by atoms with Crippen LogP contribution in [-0.4, -0.2) is 28.6 Å². The van der Waals surface area contributed by atoms with Gasteiger partial charge in [0.25, 0.3) is 0 Å². The molecule has 3 unspecified atom stereocenters. The third-order valence-electron chi connectivity index (χ3n) is 5.87. The Balaban J connectivity index is 1.82. The summed E-state index contributed by atoms with van der Waals surface area (Å²) in [6.07, 6.45) is 8.86. The zero-order valence-electron chi connectivity index (χ0n) is 12.6. The van der Waals surface area contributed by atoms with Crippen molar-refractivity contribution < 1.29 is 4.79 Å². The molecule has 3 fully saturated rings. The predicted molar refractivity (Wildman–Crippen MR) is 76.6 cm³/mol. The second kappa shape index (κ2) is 4.76. The van der Waals surface area contributed by atoms with Crippen LogP contribution in [0.3, 0.4) is 0 Å². The van der Waals surface area contributed by atoms with Crippen LogP contribution in [-0.2, 0) is 4.79 Å². The maximum absolute atomic E-state index is 12.8. The van der Waals surface area contributed by atoms with Crippen LogP contribution in [0.5, 0.6) is 0 Å². The Morgan fingerprint density at radius 3 is 2.47 bits per heavy atom. The first-order chi connectivity index (χ1) is 9.09. The third kappa shape index (κ3) is 2.10. The lowest BCUT2D eigenvalue weighted by molar-refractivity contribution is -0.134. The number of carbonyl (C=O) groups is 1. The van der Waals surface area contributed by atoms with Gasteiger partial charge in [-0.15, -0.1) is 0 Å². The van der Waals surface area contributed by atoms with E-state index in [0.29, 0.717) is 30.0 Å². The fourth-order valence-corrected chi connectivity index (χ4v) is 3.94. The van der Waals surface area contributed by atoms with Gasteiger partial charge in [0.05, 0.1) is 11.7 Å². The van der Waals surface area contributed by atoms with Crippen molar-refractivity contribution in [1.82, 2.24) is 10.2 Å². The van der Waals surface area contributed by atoms with Gasteiger partial charge in [0.2, 0.25) is 5.91 Å². The molecule has 1 spiro atoms. The fourth-order valence-electron chi connectivity index (χ4n) is 3.94. The minimum atomic E-state index is -0.144. The highest BCUT2D eigenvalue weighted by Crippen LogP contribution is 2.46. The summed E-state index contributed by atoms with van der Waals surface area (Å²) < 4.78 is 0. The summed E-state index contributed by atoms with van der Waals surface area (Å²) in [6.45, 7) is 6.76. The maximum atomic E-state index is 12.8. The van der Waals surface area contributed by atoms with Crippen LogP contribution in [0.2, 0.25) is 0 Å². The van der Waals surface area contributed by atoms with Gasteiger partial charge in [0.15, 0.2) is 0 Å². The number of hydrogen-bond acceptors (Lipinski definition) is 2. The number of amides is 1. The highest BCUT2D eigenvalue weighted by atomic mass is 16.2. The van der Waals surface area contributed by atoms with E-state index in [0.717, 1.165) is 19.3 Å². The Morgan fingerprint density at radius 1 is 1.32 bits per heavy atom. The summed E-state index contributed by atoms with van der Waals surface area (Å²) in [5.41, 5.74) is -0.144. The normalized spacial score (nSPS) is 33.1. The largest absolute Gasteiger partial charge is 0.322 e. The first-order valence-electron chi connectivity index (χ1n) is 8.19. The molecule has 3 atom stereocenters. The monoisotopic (exact) mass is 264 g/mol. The molecule has 0 aromatic carbocycles. The molecular weight excluding hydrogens is 236 g/mol. The van der Waals surface area contributed by atoms with E-state index in [1.807, 2.05) is 0 Å². The Kier molecular flexibility index (Phi) is 3.36. The van der Waals surface area contributed by atoms with Crippen molar-refractivity contribution >= 4 is 5.91 Å². The quantitative estimate of drug-likeness (QED) is 0.847. The van der Waals surface area contributed by atoms with Crippen molar-refractivity contribution in [2.45, 2.75) is 83.5 Å². The first-order valence-corrected chi connectivity index (χ1v) is 8.19. The average molecular weight is 264 g/mol. The summed E-state index contributed by atoms with van der Waals surface area (Å²) >= 11 is 0. The van der Waals surface area contributed by atoms with Gasteiger partial charge < -0.3 is 4.90 Å². The number of carbonyl (C=O) groups excluding carboxylic acids is 1. The minimum absolute atomic E-state index is 0.144. The van der Waals surface area contributed by atoms with Gasteiger partial charge in [-0.05, 0) is 44.4 Å². The highest BCUT2D eigenvalue weighted by Gasteiger charge is 2.61. The molecule has 3 rings (SSSR count). The molecule has 3 heteroatoms. The molecule has 0 aromatic rings. The van der Waals surface area contributed by atoms with Gasteiger partial charge >= 0.3 is 0 Å². The summed E-state index contributed by atoms with van der Waals surface area (Å²) in [5, 5.41) is 3.72. The van der Waals surface area contributed by atoms with Gasteiger partial charge in [-0.2, -0.15) is 0 Å². The molecule has 1 heterocycles. The molecule has 3 nitrogen and oxygen atoms in total. The van der Waals surface area contributed by atoms with Gasteiger partial charge in [-0.3, -0.25) is 10.1 Å². The topological polar surface area (TPSA) is 32.3 Å². The lowest BCUT2D eigenvalue weighted by Crippen LogP contribution is -2.49. The molecule has 0 bridgehead atoms. The number of nitrogens with one attached hydrogen (secondary N) is 1. The van der Waals surface area contributed by atoms with Crippen molar-refractivity contribution in [2.75, 3.05) is 0 Å². The van der Waals surface area contributed by atoms with Crippen molar-refractivity contribution in [3.05, 3.63) is 0 Å². The summed E-state index contributed by atoms with van der Waals surface area (Å²) in [4.78, 5) is 15.0. The third-order valence-corrected chi connectivity index (χ3v) is 5.87. The van der Waals surface area contributed by atoms with E-state index in [1.54, 1.807) is 0 Å². The first kappa shape index (κ1) is 13.4. The fraction of sp³-hybridized carbons (Fsp3) is 0.938. The number of nitrogens with zero attached hydrogens (tertiary/aromatic N) is 1. The zero-order valence-corrected chi connectivity index (χ0v) is 12.6. The molecule has 0 aromatic heterocycles. The van der Waals surface area contributed by atoms with Crippen molar-refractivity contribution in [3.8, 4) is 0 Å². The molecule has 2 saturated carbocycles. The van der Waals surface area contributed by atoms with Crippen LogP contribution in [0.25, 0.3) is 0 Å². The van der Waals surface area contributed by atoms with E-state index < -0.39 is 0 Å². The molecule has 2 aliphatic carbocycles. The van der Waals surface area contributed by atoms with Gasteiger partial charge in [-0.1, -0.05) is 33.1 Å². The lowest BCUT2D eigenvalue weighted by atomic mass is 9.96. The van der Waals surface area contributed by atoms with Crippen LogP contribution < -0.4 is 5.32 Å². The highest BCUT2D eigenvalue weighted by molar-refractivity contribution is 5.92. The van der Waals surface area contributed by atoms with Crippen LogP contribution in [0.4, 0.5) is 0 Å². The molecule has 3 aliphatic rings. The number of rotatable bonds is 4. The molecule has 1 amide bonds. The van der Waals surface area contributed by atoms with E-state index >= 15 is 0 Å². The van der Waals surface area contributed by atoms with Crippen molar-refractivity contribution in [3.63, 3.8) is 0 Å². The van der Waals surface area contributed by atoms with Gasteiger partial charge in [0, 0.05) is 6.04 Å². The molecule has 1 saturated heterocycles. The standard InChI is InChI=1S/C16H28N2O/c1-4-11(2)12(3)18-14(13-7-5-6-8-13)17-16(9-10-16)15(18)19/h11-14,17H,4-10H2,1-3H3. The van der Waals surface area contributed by atoms with Gasteiger partial charge in [-0.25, -0.2) is 0 Å².